The summed E-state index contributed by atoms with van der Waals surface area (Å²) in [5.41, 5.74) is 2.78. The van der Waals surface area contributed by atoms with Crippen LogP contribution in [0.25, 0.3) is 11.3 Å². The van der Waals surface area contributed by atoms with E-state index >= 15 is 0 Å². The first-order valence-corrected chi connectivity index (χ1v) is 12.3. The molecule has 4 rings (SSSR count). The van der Waals surface area contributed by atoms with Gasteiger partial charge in [-0.2, -0.15) is 15.3 Å². The molecule has 13 heteroatoms. The number of aromatic nitrogens is 4. The van der Waals surface area contributed by atoms with Gasteiger partial charge in [0.1, 0.15) is 17.6 Å². The molecule has 0 spiro atoms. The first kappa shape index (κ1) is 27.6. The van der Waals surface area contributed by atoms with Gasteiger partial charge in [0.05, 0.1) is 25.4 Å². The van der Waals surface area contributed by atoms with Crippen LogP contribution in [-0.4, -0.2) is 89.0 Å². The molecule has 0 unspecified atom stereocenters. The van der Waals surface area contributed by atoms with Gasteiger partial charge in [0.2, 0.25) is 0 Å². The smallest absolute Gasteiger partial charge is 0.320 e. The lowest BCUT2D eigenvalue weighted by Crippen LogP contribution is -2.42. The summed E-state index contributed by atoms with van der Waals surface area (Å²) >= 11 is 0. The van der Waals surface area contributed by atoms with Crippen molar-refractivity contribution in [2.24, 2.45) is 7.05 Å². The maximum Gasteiger partial charge on any atom is 0.320 e. The van der Waals surface area contributed by atoms with Crippen LogP contribution in [0.5, 0.6) is 0 Å². The van der Waals surface area contributed by atoms with Gasteiger partial charge in [0.25, 0.3) is 0 Å². The van der Waals surface area contributed by atoms with Crippen LogP contribution in [0, 0.1) is 18.6 Å². The molecule has 1 aromatic carbocycles. The number of hydrogen-bond donors (Lipinski definition) is 2. The van der Waals surface area contributed by atoms with Crippen molar-refractivity contribution in [3.63, 3.8) is 0 Å². The Morgan fingerprint density at radius 1 is 1.26 bits per heavy atom. The second-order valence-electron chi connectivity index (χ2n) is 9.54. The number of likely N-dealkylation sites (N-methyl/N-ethyl adjacent to an activating group) is 1. The van der Waals surface area contributed by atoms with E-state index < -0.39 is 29.8 Å². The Morgan fingerprint density at radius 3 is 2.71 bits per heavy atom. The zero-order chi connectivity index (χ0) is 27.4. The fourth-order valence-electron chi connectivity index (χ4n) is 4.33. The Morgan fingerprint density at radius 2 is 2.05 bits per heavy atom. The Bertz CT molecular complexity index is 1260. The van der Waals surface area contributed by atoms with Crippen molar-refractivity contribution in [1.82, 2.24) is 34.8 Å². The minimum atomic E-state index is -0.979. The highest BCUT2D eigenvalue weighted by molar-refractivity contribution is 5.90. The molecule has 2 aromatic heterocycles. The van der Waals surface area contributed by atoms with Gasteiger partial charge in [0.15, 0.2) is 11.6 Å². The van der Waals surface area contributed by atoms with E-state index in [-0.39, 0.29) is 0 Å². The molecule has 1 saturated heterocycles. The number of methoxy groups -OCH3 is 1. The third-order valence-corrected chi connectivity index (χ3v) is 6.32. The van der Waals surface area contributed by atoms with Crippen molar-refractivity contribution in [1.29, 1.82) is 0 Å². The highest BCUT2D eigenvalue weighted by Crippen LogP contribution is 2.31. The van der Waals surface area contributed by atoms with Gasteiger partial charge in [-0.25, -0.2) is 18.3 Å². The van der Waals surface area contributed by atoms with Crippen molar-refractivity contribution in [2.45, 2.75) is 25.6 Å². The quantitative estimate of drug-likeness (QED) is 0.414. The molecule has 206 valence electrons. The lowest BCUT2D eigenvalue weighted by Gasteiger charge is -2.20. The van der Waals surface area contributed by atoms with Crippen molar-refractivity contribution in [3.05, 3.63) is 53.4 Å². The summed E-state index contributed by atoms with van der Waals surface area (Å²) in [6.07, 6.45) is 2.89. The van der Waals surface area contributed by atoms with E-state index in [1.54, 1.807) is 27.7 Å². The minimum absolute atomic E-state index is 0.334. The molecular weight excluding hydrogens is 498 g/mol. The van der Waals surface area contributed by atoms with Gasteiger partial charge in [-0.1, -0.05) is 6.07 Å². The molecule has 1 aliphatic heterocycles. The number of hydrogen-bond acceptors (Lipinski definition) is 7. The number of hydroxylamine groups is 2. The zero-order valence-corrected chi connectivity index (χ0v) is 22.2. The summed E-state index contributed by atoms with van der Waals surface area (Å²) in [5, 5.41) is 16.5. The minimum Gasteiger partial charge on any atom is -0.383 e. The summed E-state index contributed by atoms with van der Waals surface area (Å²) < 4.78 is 36.1. The molecule has 0 bridgehead atoms. The van der Waals surface area contributed by atoms with Crippen molar-refractivity contribution < 1.29 is 23.1 Å². The Labute approximate surface area is 220 Å². The number of amides is 2. The van der Waals surface area contributed by atoms with E-state index in [1.165, 1.54) is 6.07 Å². The molecule has 1 aliphatic rings. The molecule has 0 aliphatic carbocycles. The van der Waals surface area contributed by atoms with Gasteiger partial charge in [-0.15, -0.1) is 0 Å². The van der Waals surface area contributed by atoms with Crippen LogP contribution >= 0.6 is 0 Å². The van der Waals surface area contributed by atoms with E-state index in [1.807, 2.05) is 39.2 Å². The van der Waals surface area contributed by atoms with E-state index in [4.69, 9.17) is 14.7 Å². The molecular formula is C25H34F2N8O3. The number of urea groups is 1. The number of halogens is 2. The Hall–Kier alpha value is -3.39. The van der Waals surface area contributed by atoms with Crippen LogP contribution in [0.1, 0.15) is 17.2 Å². The number of benzene rings is 1. The predicted molar refractivity (Wildman–Crippen MR) is 137 cm³/mol. The number of carbonyl (C=O) groups is 1. The maximum atomic E-state index is 14.0. The summed E-state index contributed by atoms with van der Waals surface area (Å²) in [7, 11) is 7.34. The Kier molecular flexibility index (Phi) is 8.72. The predicted octanol–water partition coefficient (Wildman–Crippen LogP) is 2.56. The number of anilines is 1. The largest absolute Gasteiger partial charge is 0.383 e. The summed E-state index contributed by atoms with van der Waals surface area (Å²) in [6, 6.07) is 2.60. The summed E-state index contributed by atoms with van der Waals surface area (Å²) in [6.45, 7) is 4.35. The van der Waals surface area contributed by atoms with Crippen LogP contribution in [-0.2, 0) is 23.2 Å². The fourth-order valence-corrected chi connectivity index (χ4v) is 4.33. The number of carbonyl (C=O) groups excluding carboxylic acids is 1. The van der Waals surface area contributed by atoms with E-state index in [2.05, 4.69) is 15.7 Å². The standard InChI is InChI=1S/C25H34F2N8O3/c1-16-22(18-13-28-33(4)14-18)31-35(9-8-32(2)3)24(16)30-25(36)29-21-15-34(10-11-37-5)38-23(21)17-6-7-19(26)20(27)12-17/h6-7,12-14,21,23H,8-11,15H2,1-5H3,(H2,29,30,36)/t21-,23+/m1/s1. The molecule has 2 N–H and O–H groups in total. The highest BCUT2D eigenvalue weighted by Gasteiger charge is 2.37. The van der Waals surface area contributed by atoms with E-state index in [0.29, 0.717) is 44.2 Å². The molecule has 3 heterocycles. The fraction of sp³-hybridized carbons (Fsp3) is 0.480. The number of nitrogens with zero attached hydrogens (tertiary/aromatic N) is 6. The van der Waals surface area contributed by atoms with Gasteiger partial charge in [-0.05, 0) is 38.7 Å². The van der Waals surface area contributed by atoms with Crippen LogP contribution in [0.4, 0.5) is 19.4 Å². The number of ether oxygens (including phenoxy) is 1. The summed E-state index contributed by atoms with van der Waals surface area (Å²) in [5.74, 6) is -1.37. The lowest BCUT2D eigenvalue weighted by molar-refractivity contribution is -0.154. The SMILES string of the molecule is COCCN1C[C@@H](NC(=O)Nc2c(C)c(-c3cnn(C)c3)nn2CCN(C)C)[C@H](c2ccc(F)c(F)c2)O1. The van der Waals surface area contributed by atoms with Crippen LogP contribution in [0.15, 0.2) is 30.6 Å². The molecule has 2 amide bonds. The van der Waals surface area contributed by atoms with E-state index in [9.17, 15) is 13.6 Å². The van der Waals surface area contributed by atoms with Gasteiger partial charge >= 0.3 is 6.03 Å². The van der Waals surface area contributed by atoms with Crippen LogP contribution < -0.4 is 10.6 Å². The van der Waals surface area contributed by atoms with Crippen molar-refractivity contribution >= 4 is 11.8 Å². The zero-order valence-electron chi connectivity index (χ0n) is 22.2. The molecule has 0 radical (unpaired) electrons. The Balaban J connectivity index is 1.55. The van der Waals surface area contributed by atoms with Crippen LogP contribution in [0.3, 0.4) is 0 Å². The number of aryl methyl sites for hydroxylation is 1. The monoisotopic (exact) mass is 532 g/mol. The number of nitrogens with one attached hydrogen (secondary N) is 2. The van der Waals surface area contributed by atoms with Gasteiger partial charge < -0.3 is 15.0 Å². The highest BCUT2D eigenvalue weighted by atomic mass is 19.2. The third kappa shape index (κ3) is 6.35. The number of rotatable bonds is 10. The molecule has 3 aromatic rings. The van der Waals surface area contributed by atoms with Gasteiger partial charge in [-0.3, -0.25) is 14.8 Å². The molecule has 11 nitrogen and oxygen atoms in total. The average molecular weight is 533 g/mol. The second kappa shape index (κ2) is 12.0. The maximum absolute atomic E-state index is 14.0. The second-order valence-corrected chi connectivity index (χ2v) is 9.54. The average Bonchev–Trinajstić information content (AvgIpc) is 3.56. The van der Waals surface area contributed by atoms with Crippen LogP contribution in [0.2, 0.25) is 0 Å². The first-order chi connectivity index (χ1) is 18.2. The molecule has 0 saturated carbocycles. The summed E-state index contributed by atoms with van der Waals surface area (Å²) in [4.78, 5) is 21.3. The van der Waals surface area contributed by atoms with Gasteiger partial charge in [0, 0.05) is 51.1 Å². The molecule has 2 atom stereocenters. The first-order valence-electron chi connectivity index (χ1n) is 12.3. The topological polar surface area (TPSA) is 102 Å². The molecule has 1 fully saturated rings. The van der Waals surface area contributed by atoms with Crippen molar-refractivity contribution in [2.75, 3.05) is 52.8 Å². The molecule has 38 heavy (non-hydrogen) atoms. The van der Waals surface area contributed by atoms with Crippen molar-refractivity contribution in [3.8, 4) is 11.3 Å². The van der Waals surface area contributed by atoms with E-state index in [0.717, 1.165) is 29.0 Å². The third-order valence-electron chi connectivity index (χ3n) is 6.32. The normalized spacial score (nSPS) is 17.9. The lowest BCUT2D eigenvalue weighted by atomic mass is 10.0.